The van der Waals surface area contributed by atoms with Gasteiger partial charge in [0.1, 0.15) is 5.82 Å². The zero-order valence-electron chi connectivity index (χ0n) is 13.0. The fourth-order valence-electron chi connectivity index (χ4n) is 2.88. The molecule has 2 aromatic heterocycles. The predicted octanol–water partition coefficient (Wildman–Crippen LogP) is 1.65. The third-order valence-corrected chi connectivity index (χ3v) is 4.05. The molecule has 22 heavy (non-hydrogen) atoms. The van der Waals surface area contributed by atoms with E-state index in [0.717, 1.165) is 31.7 Å². The summed E-state index contributed by atoms with van der Waals surface area (Å²) < 4.78 is 1.90. The van der Waals surface area contributed by atoms with Crippen LogP contribution in [0.3, 0.4) is 0 Å². The lowest BCUT2D eigenvalue weighted by molar-refractivity contribution is 0.0721. The molecule has 116 valence electrons. The molecule has 1 atom stereocenters. The van der Waals surface area contributed by atoms with Crippen molar-refractivity contribution in [1.82, 2.24) is 19.7 Å². The predicted molar refractivity (Wildman–Crippen MR) is 84.8 cm³/mol. The summed E-state index contributed by atoms with van der Waals surface area (Å²) in [7, 11) is 3.85. The van der Waals surface area contributed by atoms with Crippen LogP contribution in [0.25, 0.3) is 0 Å². The van der Waals surface area contributed by atoms with Crippen LogP contribution in [0.1, 0.15) is 23.2 Å². The summed E-state index contributed by atoms with van der Waals surface area (Å²) in [6.45, 7) is 1.56. The van der Waals surface area contributed by atoms with Crippen LogP contribution in [0.5, 0.6) is 0 Å². The van der Waals surface area contributed by atoms with E-state index < -0.39 is 0 Å². The number of anilines is 1. The molecule has 1 aliphatic heterocycles. The van der Waals surface area contributed by atoms with Crippen molar-refractivity contribution >= 4 is 11.7 Å². The molecule has 0 spiro atoms. The average Bonchev–Trinajstić information content (AvgIpc) is 3.19. The molecule has 6 heteroatoms. The summed E-state index contributed by atoms with van der Waals surface area (Å²) in [5.41, 5.74) is 0.700. The van der Waals surface area contributed by atoms with Gasteiger partial charge in [-0.05, 0) is 31.0 Å². The number of nitrogens with zero attached hydrogens (tertiary/aromatic N) is 5. The Bertz CT molecular complexity index is 638. The maximum atomic E-state index is 12.8. The van der Waals surface area contributed by atoms with Crippen molar-refractivity contribution in [3.05, 3.63) is 42.4 Å². The Kier molecular flexibility index (Phi) is 4.09. The fourth-order valence-corrected chi connectivity index (χ4v) is 2.88. The van der Waals surface area contributed by atoms with Gasteiger partial charge in [0.25, 0.3) is 5.91 Å². The second-order valence-corrected chi connectivity index (χ2v) is 5.82. The summed E-state index contributed by atoms with van der Waals surface area (Å²) in [5.74, 6) is 0.883. The van der Waals surface area contributed by atoms with Gasteiger partial charge >= 0.3 is 0 Å². The van der Waals surface area contributed by atoms with E-state index in [2.05, 4.69) is 10.1 Å². The van der Waals surface area contributed by atoms with E-state index in [0.29, 0.717) is 5.56 Å². The highest BCUT2D eigenvalue weighted by Gasteiger charge is 2.30. The lowest BCUT2D eigenvalue weighted by Gasteiger charge is -2.25. The first kappa shape index (κ1) is 14.6. The van der Waals surface area contributed by atoms with E-state index in [4.69, 9.17) is 0 Å². The van der Waals surface area contributed by atoms with Gasteiger partial charge in [0, 0.05) is 44.8 Å². The van der Waals surface area contributed by atoms with Crippen LogP contribution in [0, 0.1) is 0 Å². The smallest absolute Gasteiger partial charge is 0.254 e. The lowest BCUT2D eigenvalue weighted by atomic mass is 10.2. The fraction of sp³-hybridized carbons (Fsp3) is 0.438. The van der Waals surface area contributed by atoms with Gasteiger partial charge in [-0.25, -0.2) is 4.98 Å². The average molecular weight is 299 g/mol. The summed E-state index contributed by atoms with van der Waals surface area (Å²) in [6.07, 6.45) is 7.48. The molecule has 0 bridgehead atoms. The maximum absolute atomic E-state index is 12.8. The topological polar surface area (TPSA) is 54.3 Å². The van der Waals surface area contributed by atoms with Gasteiger partial charge in [-0.15, -0.1) is 0 Å². The summed E-state index contributed by atoms with van der Waals surface area (Å²) in [4.78, 5) is 21.0. The molecule has 3 rings (SSSR count). The van der Waals surface area contributed by atoms with Gasteiger partial charge in [0.2, 0.25) is 0 Å². The summed E-state index contributed by atoms with van der Waals surface area (Å²) in [6, 6.07) is 5.76. The Labute approximate surface area is 130 Å². The SMILES string of the molecule is CN(C)c1cc(C(=O)N2CCCC2Cn2cccn2)ccn1. The first-order valence-electron chi connectivity index (χ1n) is 7.57. The third-order valence-electron chi connectivity index (χ3n) is 4.05. The molecule has 6 nitrogen and oxygen atoms in total. The van der Waals surface area contributed by atoms with Crippen molar-refractivity contribution in [2.45, 2.75) is 25.4 Å². The van der Waals surface area contributed by atoms with Gasteiger partial charge in [-0.2, -0.15) is 5.10 Å². The van der Waals surface area contributed by atoms with E-state index in [1.54, 1.807) is 18.5 Å². The largest absolute Gasteiger partial charge is 0.363 e. The number of likely N-dealkylation sites (tertiary alicyclic amines) is 1. The Morgan fingerprint density at radius 3 is 3.00 bits per heavy atom. The number of hydrogen-bond donors (Lipinski definition) is 0. The van der Waals surface area contributed by atoms with Crippen LogP contribution in [-0.2, 0) is 6.54 Å². The Hall–Kier alpha value is -2.37. The minimum atomic E-state index is 0.0835. The number of rotatable bonds is 4. The molecule has 1 saturated heterocycles. The second-order valence-electron chi connectivity index (χ2n) is 5.82. The second kappa shape index (κ2) is 6.17. The van der Waals surface area contributed by atoms with Crippen LogP contribution >= 0.6 is 0 Å². The lowest BCUT2D eigenvalue weighted by Crippen LogP contribution is -2.38. The zero-order valence-corrected chi connectivity index (χ0v) is 13.0. The zero-order chi connectivity index (χ0) is 15.5. The van der Waals surface area contributed by atoms with E-state index in [9.17, 15) is 4.79 Å². The van der Waals surface area contributed by atoms with Gasteiger partial charge in [-0.1, -0.05) is 0 Å². The van der Waals surface area contributed by atoms with Crippen molar-refractivity contribution in [1.29, 1.82) is 0 Å². The van der Waals surface area contributed by atoms with Crippen molar-refractivity contribution in [2.24, 2.45) is 0 Å². The number of carbonyl (C=O) groups is 1. The van der Waals surface area contributed by atoms with Crippen LogP contribution in [-0.4, -0.2) is 52.3 Å². The summed E-state index contributed by atoms with van der Waals surface area (Å²) >= 11 is 0. The molecule has 3 heterocycles. The van der Waals surface area contributed by atoms with Gasteiger partial charge < -0.3 is 9.80 Å². The van der Waals surface area contributed by atoms with Crippen molar-refractivity contribution in [2.75, 3.05) is 25.5 Å². The van der Waals surface area contributed by atoms with Crippen molar-refractivity contribution in [3.8, 4) is 0 Å². The molecule has 0 aliphatic carbocycles. The highest BCUT2D eigenvalue weighted by atomic mass is 16.2. The van der Waals surface area contributed by atoms with Gasteiger partial charge in [0.05, 0.1) is 12.6 Å². The molecule has 0 radical (unpaired) electrons. The van der Waals surface area contributed by atoms with E-state index >= 15 is 0 Å². The minimum Gasteiger partial charge on any atom is -0.363 e. The quantitative estimate of drug-likeness (QED) is 0.861. The third kappa shape index (κ3) is 2.95. The Morgan fingerprint density at radius 2 is 2.27 bits per heavy atom. The molecule has 1 unspecified atom stereocenters. The first-order chi connectivity index (χ1) is 10.6. The van der Waals surface area contributed by atoms with Crippen LogP contribution in [0.2, 0.25) is 0 Å². The highest BCUT2D eigenvalue weighted by Crippen LogP contribution is 2.22. The van der Waals surface area contributed by atoms with Crippen molar-refractivity contribution in [3.63, 3.8) is 0 Å². The molecular weight excluding hydrogens is 278 g/mol. The molecule has 2 aromatic rings. The molecule has 0 N–H and O–H groups in total. The molecule has 0 aromatic carbocycles. The molecule has 1 amide bonds. The summed E-state index contributed by atoms with van der Waals surface area (Å²) in [5, 5.41) is 4.25. The van der Waals surface area contributed by atoms with Gasteiger partial charge in [0.15, 0.2) is 0 Å². The molecule has 1 fully saturated rings. The van der Waals surface area contributed by atoms with E-state index in [1.807, 2.05) is 46.9 Å². The number of pyridine rings is 1. The molecular formula is C16H21N5O. The standard InChI is InChI=1S/C16H21N5O/c1-19(2)15-11-13(6-8-17-15)16(22)21-10-3-5-14(21)12-20-9-4-7-18-20/h4,6-9,11,14H,3,5,10,12H2,1-2H3. The van der Waals surface area contributed by atoms with E-state index in [-0.39, 0.29) is 11.9 Å². The number of aromatic nitrogens is 3. The molecule has 1 aliphatic rings. The monoisotopic (exact) mass is 299 g/mol. The normalized spacial score (nSPS) is 17.7. The van der Waals surface area contributed by atoms with Gasteiger partial charge in [-0.3, -0.25) is 9.48 Å². The number of hydrogen-bond acceptors (Lipinski definition) is 4. The molecule has 0 saturated carbocycles. The number of carbonyl (C=O) groups excluding carboxylic acids is 1. The first-order valence-corrected chi connectivity index (χ1v) is 7.57. The Morgan fingerprint density at radius 1 is 1.41 bits per heavy atom. The van der Waals surface area contributed by atoms with Crippen LogP contribution < -0.4 is 4.90 Å². The van der Waals surface area contributed by atoms with Crippen molar-refractivity contribution < 1.29 is 4.79 Å². The maximum Gasteiger partial charge on any atom is 0.254 e. The van der Waals surface area contributed by atoms with Crippen LogP contribution in [0.15, 0.2) is 36.8 Å². The van der Waals surface area contributed by atoms with E-state index in [1.165, 1.54) is 0 Å². The Balaban J connectivity index is 1.77. The highest BCUT2D eigenvalue weighted by molar-refractivity contribution is 5.95. The van der Waals surface area contributed by atoms with Crippen LogP contribution in [0.4, 0.5) is 5.82 Å². The minimum absolute atomic E-state index is 0.0835. The number of amides is 1.